The first kappa shape index (κ1) is 12.4. The Labute approximate surface area is 85.5 Å². The normalized spacial score (nSPS) is 11.8. The Morgan fingerprint density at radius 3 is 2.38 bits per heavy atom. The molecule has 1 unspecified atom stereocenters. The quantitative estimate of drug-likeness (QED) is 0.602. The van der Waals surface area contributed by atoms with Crippen LogP contribution in [0, 0.1) is 0 Å². The van der Waals surface area contributed by atoms with Gasteiger partial charge in [-0.3, -0.25) is 0 Å². The molecule has 3 N–H and O–H groups in total. The van der Waals surface area contributed by atoms with Crippen LogP contribution >= 0.6 is 0 Å². The second kappa shape index (κ2) is 6.89. The molecule has 2 nitrogen and oxygen atoms in total. The fraction of sp³-hybridized carbons (Fsp3) is 0.400. The molecule has 0 heterocycles. The highest BCUT2D eigenvalue weighted by atomic mass is 35.5. The summed E-state index contributed by atoms with van der Waals surface area (Å²) in [7, 11) is 0. The van der Waals surface area contributed by atoms with E-state index in [1.807, 2.05) is 25.1 Å². The molecule has 1 aromatic carbocycles. The van der Waals surface area contributed by atoms with Gasteiger partial charge in [-0.05, 0) is 12.5 Å². The molecular formula is C10H16ClNO. The van der Waals surface area contributed by atoms with Gasteiger partial charge in [0, 0.05) is 6.61 Å². The number of halogens is 1. The summed E-state index contributed by atoms with van der Waals surface area (Å²) in [6, 6.07) is 10.2. The lowest BCUT2D eigenvalue weighted by Crippen LogP contribution is -3.00. The Kier molecular flexibility index (Phi) is 6.59. The molecule has 0 aliphatic rings. The Morgan fingerprint density at radius 1 is 1.31 bits per heavy atom. The van der Waals surface area contributed by atoms with E-state index >= 15 is 0 Å². The van der Waals surface area contributed by atoms with E-state index < -0.39 is 0 Å². The number of hydrogen-bond acceptors (Lipinski definition) is 1. The number of hydrogen-bond donors (Lipinski definition) is 1. The standard InChI is InChI=1S/C10H15NO.ClH/c1-2-12-10(8-11)9-6-4-3-5-7-9;/h3-7,10H,2,8,11H2,1H3;1H. The van der Waals surface area contributed by atoms with Crippen LogP contribution in [0.15, 0.2) is 30.3 Å². The van der Waals surface area contributed by atoms with Crippen LogP contribution in [0.2, 0.25) is 0 Å². The van der Waals surface area contributed by atoms with Crippen molar-refractivity contribution in [1.29, 1.82) is 0 Å². The number of rotatable bonds is 4. The highest BCUT2D eigenvalue weighted by molar-refractivity contribution is 5.17. The van der Waals surface area contributed by atoms with Gasteiger partial charge in [0.25, 0.3) is 0 Å². The maximum atomic E-state index is 5.51. The lowest BCUT2D eigenvalue weighted by atomic mass is 10.1. The van der Waals surface area contributed by atoms with Crippen molar-refractivity contribution in [1.82, 2.24) is 0 Å². The van der Waals surface area contributed by atoms with E-state index in [9.17, 15) is 0 Å². The maximum Gasteiger partial charge on any atom is 0.131 e. The maximum absolute atomic E-state index is 5.51. The summed E-state index contributed by atoms with van der Waals surface area (Å²) in [4.78, 5) is 0. The van der Waals surface area contributed by atoms with Crippen molar-refractivity contribution in [2.24, 2.45) is 0 Å². The van der Waals surface area contributed by atoms with E-state index in [-0.39, 0.29) is 18.5 Å². The first-order valence-corrected chi connectivity index (χ1v) is 4.34. The lowest BCUT2D eigenvalue weighted by molar-refractivity contribution is -0.387. The van der Waals surface area contributed by atoms with Gasteiger partial charge in [0.15, 0.2) is 0 Å². The van der Waals surface area contributed by atoms with Crippen LogP contribution < -0.4 is 18.1 Å². The summed E-state index contributed by atoms with van der Waals surface area (Å²) < 4.78 is 5.51. The van der Waals surface area contributed by atoms with E-state index in [4.69, 9.17) is 4.74 Å². The second-order valence-electron chi connectivity index (χ2n) is 2.64. The Hall–Kier alpha value is -0.570. The predicted molar refractivity (Wildman–Crippen MR) is 48.6 cm³/mol. The van der Waals surface area contributed by atoms with Crippen molar-refractivity contribution >= 4 is 0 Å². The zero-order valence-corrected chi connectivity index (χ0v) is 8.63. The van der Waals surface area contributed by atoms with E-state index in [1.165, 1.54) is 5.56 Å². The van der Waals surface area contributed by atoms with Gasteiger partial charge in [-0.1, -0.05) is 30.3 Å². The molecule has 0 radical (unpaired) electrons. The van der Waals surface area contributed by atoms with Crippen molar-refractivity contribution in [3.8, 4) is 0 Å². The Morgan fingerprint density at radius 2 is 1.92 bits per heavy atom. The van der Waals surface area contributed by atoms with Gasteiger partial charge in [-0.15, -0.1) is 0 Å². The average molecular weight is 202 g/mol. The largest absolute Gasteiger partial charge is 1.00 e. The van der Waals surface area contributed by atoms with Crippen LogP contribution in [0.4, 0.5) is 0 Å². The summed E-state index contributed by atoms with van der Waals surface area (Å²) in [5.74, 6) is 0. The Balaban J connectivity index is 0.00000144. The van der Waals surface area contributed by atoms with Crippen LogP contribution in [0.3, 0.4) is 0 Å². The molecule has 0 aliphatic heterocycles. The van der Waals surface area contributed by atoms with Crippen LogP contribution in [-0.4, -0.2) is 13.2 Å². The average Bonchev–Trinajstić information content (AvgIpc) is 2.15. The molecule has 74 valence electrons. The van der Waals surface area contributed by atoms with E-state index in [2.05, 4.69) is 17.9 Å². The molecule has 0 spiro atoms. The zero-order valence-electron chi connectivity index (χ0n) is 7.87. The van der Waals surface area contributed by atoms with Crippen LogP contribution in [0.5, 0.6) is 0 Å². The molecule has 0 amide bonds. The first-order chi connectivity index (χ1) is 5.88. The highest BCUT2D eigenvalue weighted by Crippen LogP contribution is 2.14. The van der Waals surface area contributed by atoms with Gasteiger partial charge in [0.1, 0.15) is 12.6 Å². The fourth-order valence-corrected chi connectivity index (χ4v) is 1.22. The third kappa shape index (κ3) is 3.77. The summed E-state index contributed by atoms with van der Waals surface area (Å²) in [6.07, 6.45) is 0.163. The minimum atomic E-state index is 0. The van der Waals surface area contributed by atoms with E-state index in [1.54, 1.807) is 0 Å². The van der Waals surface area contributed by atoms with Gasteiger partial charge in [-0.2, -0.15) is 0 Å². The fourth-order valence-electron chi connectivity index (χ4n) is 1.22. The predicted octanol–water partition coefficient (Wildman–Crippen LogP) is -1.99. The first-order valence-electron chi connectivity index (χ1n) is 4.34. The molecule has 0 saturated heterocycles. The molecule has 13 heavy (non-hydrogen) atoms. The van der Waals surface area contributed by atoms with Crippen molar-refractivity contribution in [2.75, 3.05) is 13.2 Å². The summed E-state index contributed by atoms with van der Waals surface area (Å²) >= 11 is 0. The molecule has 0 aliphatic carbocycles. The molecule has 0 aromatic heterocycles. The number of quaternary nitrogens is 1. The molecule has 1 atom stereocenters. The van der Waals surface area contributed by atoms with Crippen molar-refractivity contribution in [3.05, 3.63) is 35.9 Å². The summed E-state index contributed by atoms with van der Waals surface area (Å²) in [5, 5.41) is 0. The van der Waals surface area contributed by atoms with Crippen LogP contribution in [0.1, 0.15) is 18.6 Å². The van der Waals surface area contributed by atoms with Gasteiger partial charge in [0.05, 0.1) is 0 Å². The van der Waals surface area contributed by atoms with Gasteiger partial charge in [0.2, 0.25) is 0 Å². The molecule has 1 rings (SSSR count). The second-order valence-corrected chi connectivity index (χ2v) is 2.64. The molecule has 3 heteroatoms. The van der Waals surface area contributed by atoms with E-state index in [0.717, 1.165) is 13.2 Å². The molecule has 0 bridgehead atoms. The molecule has 0 fully saturated rings. The topological polar surface area (TPSA) is 36.9 Å². The van der Waals surface area contributed by atoms with Crippen molar-refractivity contribution < 1.29 is 22.9 Å². The minimum absolute atomic E-state index is 0. The summed E-state index contributed by atoms with van der Waals surface area (Å²) in [6.45, 7) is 3.54. The van der Waals surface area contributed by atoms with Gasteiger partial charge >= 0.3 is 0 Å². The molecule has 0 saturated carbocycles. The van der Waals surface area contributed by atoms with Crippen molar-refractivity contribution in [3.63, 3.8) is 0 Å². The number of ether oxygens (including phenoxy) is 1. The molecular weight excluding hydrogens is 186 g/mol. The smallest absolute Gasteiger partial charge is 0.131 e. The molecule has 1 aromatic rings. The van der Waals surface area contributed by atoms with Crippen molar-refractivity contribution in [2.45, 2.75) is 13.0 Å². The minimum Gasteiger partial charge on any atom is -1.00 e. The SMILES string of the molecule is CCOC(C[NH3+])c1ccccc1.[Cl-]. The Bertz CT molecular complexity index is 215. The van der Waals surface area contributed by atoms with E-state index in [0.29, 0.717) is 0 Å². The van der Waals surface area contributed by atoms with Gasteiger partial charge in [-0.25, -0.2) is 0 Å². The summed E-state index contributed by atoms with van der Waals surface area (Å²) in [5.41, 5.74) is 5.07. The van der Waals surface area contributed by atoms with Crippen LogP contribution in [0.25, 0.3) is 0 Å². The van der Waals surface area contributed by atoms with Gasteiger partial charge < -0.3 is 22.9 Å². The third-order valence-corrected chi connectivity index (χ3v) is 1.80. The van der Waals surface area contributed by atoms with Crippen LogP contribution in [-0.2, 0) is 4.74 Å². The lowest BCUT2D eigenvalue weighted by Gasteiger charge is -2.12. The monoisotopic (exact) mass is 201 g/mol. The number of benzene rings is 1. The third-order valence-electron chi connectivity index (χ3n) is 1.80. The highest BCUT2D eigenvalue weighted by Gasteiger charge is 2.09. The zero-order chi connectivity index (χ0) is 8.81.